The van der Waals surface area contributed by atoms with Crippen LogP contribution in [0.2, 0.25) is 0 Å². The van der Waals surface area contributed by atoms with Crippen molar-refractivity contribution in [1.82, 2.24) is 4.72 Å². The molecule has 1 aromatic carbocycles. The Morgan fingerprint density at radius 3 is 2.50 bits per heavy atom. The molecule has 0 amide bonds. The second-order valence-electron chi connectivity index (χ2n) is 3.67. The fourth-order valence-electron chi connectivity index (χ4n) is 1.39. The summed E-state index contributed by atoms with van der Waals surface area (Å²) in [6.45, 7) is -0.152. The van der Waals surface area contributed by atoms with E-state index in [1.165, 1.54) is 7.11 Å². The third kappa shape index (κ3) is 4.44. The van der Waals surface area contributed by atoms with Crippen LogP contribution in [-0.2, 0) is 25.3 Å². The molecule has 7 heteroatoms. The predicted octanol–water partition coefficient (Wildman–Crippen LogP) is -0.394. The van der Waals surface area contributed by atoms with Crippen LogP contribution in [-0.4, -0.2) is 34.1 Å². The van der Waals surface area contributed by atoms with Crippen molar-refractivity contribution < 1.29 is 17.9 Å². The third-order valence-corrected chi connectivity index (χ3v) is 3.60. The number of nitrogens with two attached hydrogens (primary N) is 1. The first-order valence-corrected chi connectivity index (χ1v) is 6.95. The summed E-state index contributed by atoms with van der Waals surface area (Å²) in [5.41, 5.74) is 5.95. The number of sulfonamides is 1. The van der Waals surface area contributed by atoms with Crippen molar-refractivity contribution in [3.63, 3.8) is 0 Å². The van der Waals surface area contributed by atoms with Crippen LogP contribution in [0, 0.1) is 0 Å². The zero-order chi connectivity index (χ0) is 13.6. The molecule has 3 N–H and O–H groups in total. The molecule has 1 atom stereocenters. The molecule has 0 aromatic heterocycles. The van der Waals surface area contributed by atoms with Crippen molar-refractivity contribution in [2.45, 2.75) is 11.8 Å². The Bertz CT molecular complexity index is 487. The molecule has 0 heterocycles. The number of ether oxygens (including phenoxy) is 1. The van der Waals surface area contributed by atoms with Crippen LogP contribution in [0.15, 0.2) is 30.3 Å². The minimum absolute atomic E-state index is 0.152. The van der Waals surface area contributed by atoms with Gasteiger partial charge in [-0.05, 0) is 5.56 Å². The van der Waals surface area contributed by atoms with Gasteiger partial charge in [0.1, 0.15) is 6.04 Å². The topological polar surface area (TPSA) is 98.5 Å². The Balaban J connectivity index is 2.73. The quantitative estimate of drug-likeness (QED) is 0.687. The summed E-state index contributed by atoms with van der Waals surface area (Å²) < 4.78 is 30.3. The van der Waals surface area contributed by atoms with Gasteiger partial charge >= 0.3 is 5.97 Å². The van der Waals surface area contributed by atoms with Gasteiger partial charge in [-0.15, -0.1) is 0 Å². The highest BCUT2D eigenvalue weighted by Gasteiger charge is 2.23. The van der Waals surface area contributed by atoms with Crippen LogP contribution in [0.25, 0.3) is 0 Å². The van der Waals surface area contributed by atoms with Gasteiger partial charge in [0.2, 0.25) is 10.0 Å². The van der Waals surface area contributed by atoms with Crippen LogP contribution >= 0.6 is 0 Å². The number of methoxy groups -OCH3 is 1. The first-order valence-electron chi connectivity index (χ1n) is 5.30. The van der Waals surface area contributed by atoms with Gasteiger partial charge in [-0.25, -0.2) is 8.42 Å². The second kappa shape index (κ2) is 6.48. The fourth-order valence-corrected chi connectivity index (χ4v) is 2.73. The maximum Gasteiger partial charge on any atom is 0.325 e. The summed E-state index contributed by atoms with van der Waals surface area (Å²) >= 11 is 0. The predicted molar refractivity (Wildman–Crippen MR) is 67.1 cm³/mol. The Labute approximate surface area is 106 Å². The summed E-state index contributed by atoms with van der Waals surface area (Å²) in [5.74, 6) is -0.907. The van der Waals surface area contributed by atoms with E-state index in [1.807, 2.05) is 0 Å². The molecular weight excluding hydrogens is 256 g/mol. The van der Waals surface area contributed by atoms with E-state index < -0.39 is 22.0 Å². The van der Waals surface area contributed by atoms with Gasteiger partial charge in [0.25, 0.3) is 0 Å². The van der Waals surface area contributed by atoms with E-state index in [-0.39, 0.29) is 12.3 Å². The van der Waals surface area contributed by atoms with E-state index in [4.69, 9.17) is 5.73 Å². The lowest BCUT2D eigenvalue weighted by molar-refractivity contribution is -0.142. The third-order valence-electron chi connectivity index (χ3n) is 2.24. The maximum absolute atomic E-state index is 11.8. The smallest absolute Gasteiger partial charge is 0.325 e. The van der Waals surface area contributed by atoms with Gasteiger partial charge in [-0.3, -0.25) is 4.79 Å². The van der Waals surface area contributed by atoms with E-state index in [1.54, 1.807) is 30.3 Å². The van der Waals surface area contributed by atoms with Crippen LogP contribution in [0.4, 0.5) is 0 Å². The first-order chi connectivity index (χ1) is 8.48. The minimum atomic E-state index is -3.63. The Morgan fingerprint density at radius 2 is 2.00 bits per heavy atom. The number of carbonyl (C=O) groups excluding carboxylic acids is 1. The van der Waals surface area contributed by atoms with Gasteiger partial charge < -0.3 is 10.5 Å². The molecule has 0 fully saturated rings. The van der Waals surface area contributed by atoms with E-state index in [0.717, 1.165) is 0 Å². The normalized spacial score (nSPS) is 13.0. The lowest BCUT2D eigenvalue weighted by Crippen LogP contribution is -2.46. The summed E-state index contributed by atoms with van der Waals surface area (Å²) in [6, 6.07) is 7.60. The van der Waals surface area contributed by atoms with Crippen molar-refractivity contribution in [2.75, 3.05) is 13.7 Å². The summed E-state index contributed by atoms with van der Waals surface area (Å²) in [7, 11) is -2.45. The molecule has 0 aliphatic carbocycles. The van der Waals surface area contributed by atoms with Crippen LogP contribution < -0.4 is 10.5 Å². The lowest BCUT2D eigenvalue weighted by Gasteiger charge is -2.14. The van der Waals surface area contributed by atoms with E-state index in [9.17, 15) is 13.2 Å². The Morgan fingerprint density at radius 1 is 1.39 bits per heavy atom. The van der Waals surface area contributed by atoms with Crippen molar-refractivity contribution in [2.24, 2.45) is 5.73 Å². The molecule has 0 saturated carbocycles. The summed E-state index contributed by atoms with van der Waals surface area (Å²) in [5, 5.41) is 0. The van der Waals surface area contributed by atoms with Crippen LogP contribution in [0.5, 0.6) is 0 Å². The zero-order valence-corrected chi connectivity index (χ0v) is 10.8. The second-order valence-corrected chi connectivity index (χ2v) is 5.43. The van der Waals surface area contributed by atoms with Crippen molar-refractivity contribution >= 4 is 16.0 Å². The highest BCUT2D eigenvalue weighted by molar-refractivity contribution is 7.88. The molecule has 0 aliphatic rings. The standard InChI is InChI=1S/C11H16N2O4S/c1-17-11(14)10(7-12)13-18(15,16)8-9-5-3-2-4-6-9/h2-6,10,13H,7-8,12H2,1H3. The number of nitrogens with one attached hydrogen (secondary N) is 1. The molecule has 0 bridgehead atoms. The van der Waals surface area contributed by atoms with Gasteiger partial charge in [0.05, 0.1) is 12.9 Å². The number of carbonyl (C=O) groups is 1. The van der Waals surface area contributed by atoms with Crippen molar-refractivity contribution in [3.05, 3.63) is 35.9 Å². The van der Waals surface area contributed by atoms with E-state index >= 15 is 0 Å². The average molecular weight is 272 g/mol. The fraction of sp³-hybridized carbons (Fsp3) is 0.364. The molecule has 0 spiro atoms. The SMILES string of the molecule is COC(=O)C(CN)NS(=O)(=O)Cc1ccccc1. The summed E-state index contributed by atoms with van der Waals surface area (Å²) in [6.07, 6.45) is 0. The number of hydrogen-bond acceptors (Lipinski definition) is 5. The van der Waals surface area contributed by atoms with E-state index in [0.29, 0.717) is 5.56 Å². The van der Waals surface area contributed by atoms with E-state index in [2.05, 4.69) is 9.46 Å². The van der Waals surface area contributed by atoms with Gasteiger partial charge in [0, 0.05) is 6.54 Å². The highest BCUT2D eigenvalue weighted by atomic mass is 32.2. The molecule has 0 aliphatic heterocycles. The van der Waals surface area contributed by atoms with Crippen molar-refractivity contribution in [1.29, 1.82) is 0 Å². The Kier molecular flexibility index (Phi) is 5.26. The average Bonchev–Trinajstić information content (AvgIpc) is 2.35. The monoisotopic (exact) mass is 272 g/mol. The molecular formula is C11H16N2O4S. The number of benzene rings is 1. The van der Waals surface area contributed by atoms with Gasteiger partial charge in [-0.1, -0.05) is 30.3 Å². The number of hydrogen-bond donors (Lipinski definition) is 2. The molecule has 1 rings (SSSR count). The molecule has 1 aromatic rings. The van der Waals surface area contributed by atoms with Gasteiger partial charge in [0.15, 0.2) is 0 Å². The molecule has 6 nitrogen and oxygen atoms in total. The molecule has 1 unspecified atom stereocenters. The molecule has 18 heavy (non-hydrogen) atoms. The zero-order valence-electron chi connectivity index (χ0n) is 10.00. The Hall–Kier alpha value is -1.44. The number of rotatable bonds is 6. The largest absolute Gasteiger partial charge is 0.468 e. The van der Waals surface area contributed by atoms with Crippen LogP contribution in [0.3, 0.4) is 0 Å². The van der Waals surface area contributed by atoms with Crippen molar-refractivity contribution in [3.8, 4) is 0 Å². The summed E-state index contributed by atoms with van der Waals surface area (Å²) in [4.78, 5) is 11.2. The molecule has 0 saturated heterocycles. The molecule has 100 valence electrons. The highest BCUT2D eigenvalue weighted by Crippen LogP contribution is 2.04. The maximum atomic E-state index is 11.8. The minimum Gasteiger partial charge on any atom is -0.468 e. The van der Waals surface area contributed by atoms with Gasteiger partial charge in [-0.2, -0.15) is 4.72 Å². The lowest BCUT2D eigenvalue weighted by atomic mass is 10.2. The van der Waals surface area contributed by atoms with Crippen LogP contribution in [0.1, 0.15) is 5.56 Å². The number of esters is 1. The first kappa shape index (κ1) is 14.6. The molecule has 0 radical (unpaired) electrons.